The molecule has 0 bridgehead atoms. The maximum atomic E-state index is 13.0. The molecule has 6 nitrogen and oxygen atoms in total. The highest BCUT2D eigenvalue weighted by Crippen LogP contribution is 2.33. The lowest BCUT2D eigenvalue weighted by atomic mass is 9.90. The van der Waals surface area contributed by atoms with Gasteiger partial charge in [0.2, 0.25) is 0 Å². The number of amides is 2. The van der Waals surface area contributed by atoms with Gasteiger partial charge in [-0.25, -0.2) is 0 Å². The van der Waals surface area contributed by atoms with Gasteiger partial charge >= 0.3 is 0 Å². The maximum Gasteiger partial charge on any atom is 0.269 e. The number of carbonyl (C=O) groups is 2. The van der Waals surface area contributed by atoms with E-state index in [1.807, 2.05) is 11.9 Å². The number of aryl methyl sites for hydroxylation is 2. The molecule has 1 aliphatic heterocycles. The molecule has 0 saturated carbocycles. The summed E-state index contributed by atoms with van der Waals surface area (Å²) in [4.78, 5) is 28.6. The van der Waals surface area contributed by atoms with Crippen LogP contribution in [0.25, 0.3) is 0 Å². The minimum absolute atomic E-state index is 0.0528. The summed E-state index contributed by atoms with van der Waals surface area (Å²) in [6.07, 6.45) is 4.04. The van der Waals surface area contributed by atoms with Crippen molar-refractivity contribution >= 4 is 23.2 Å². The first kappa shape index (κ1) is 16.3. The van der Waals surface area contributed by atoms with Gasteiger partial charge in [0.05, 0.1) is 11.4 Å². The second-order valence-corrected chi connectivity index (χ2v) is 8.28. The zero-order chi connectivity index (χ0) is 17.7. The van der Waals surface area contributed by atoms with Gasteiger partial charge in [0, 0.05) is 36.1 Å². The van der Waals surface area contributed by atoms with Gasteiger partial charge in [-0.3, -0.25) is 14.3 Å². The summed E-state index contributed by atoms with van der Waals surface area (Å²) in [5.74, 6) is 0.208. The SMILES string of the molecule is CC1CCc2sc(C(=O)N3CCc4c(c(C(N)=O)nn4C)C3)cc2C1. The highest BCUT2D eigenvalue weighted by molar-refractivity contribution is 7.14. The number of fused-ring (bicyclic) bond motifs is 2. The Morgan fingerprint density at radius 2 is 2.16 bits per heavy atom. The summed E-state index contributed by atoms with van der Waals surface area (Å²) in [5, 5.41) is 4.23. The second-order valence-electron chi connectivity index (χ2n) is 7.15. The number of aromatic nitrogens is 2. The van der Waals surface area contributed by atoms with Gasteiger partial charge in [0.15, 0.2) is 5.69 Å². The molecule has 25 heavy (non-hydrogen) atoms. The maximum absolute atomic E-state index is 13.0. The van der Waals surface area contributed by atoms with Gasteiger partial charge in [-0.2, -0.15) is 5.10 Å². The van der Waals surface area contributed by atoms with E-state index >= 15 is 0 Å². The molecule has 1 unspecified atom stereocenters. The molecule has 2 amide bonds. The smallest absolute Gasteiger partial charge is 0.269 e. The lowest BCUT2D eigenvalue weighted by molar-refractivity contribution is 0.0736. The number of hydrogen-bond donors (Lipinski definition) is 1. The van der Waals surface area contributed by atoms with Crippen molar-refractivity contribution in [1.82, 2.24) is 14.7 Å². The van der Waals surface area contributed by atoms with Crippen molar-refractivity contribution in [3.05, 3.63) is 38.3 Å². The Bertz CT molecular complexity index is 867. The first-order valence-corrected chi connectivity index (χ1v) is 9.51. The van der Waals surface area contributed by atoms with Crippen molar-refractivity contribution in [2.75, 3.05) is 6.54 Å². The zero-order valence-corrected chi connectivity index (χ0v) is 15.4. The van der Waals surface area contributed by atoms with Crippen LogP contribution in [0.2, 0.25) is 0 Å². The largest absolute Gasteiger partial charge is 0.364 e. The summed E-state index contributed by atoms with van der Waals surface area (Å²) in [6, 6.07) is 2.08. The van der Waals surface area contributed by atoms with Crippen molar-refractivity contribution in [3.8, 4) is 0 Å². The van der Waals surface area contributed by atoms with Crippen LogP contribution in [-0.2, 0) is 32.9 Å². The molecule has 0 saturated heterocycles. The van der Waals surface area contributed by atoms with E-state index in [0.717, 1.165) is 29.0 Å². The number of nitrogens with zero attached hydrogens (tertiary/aromatic N) is 3. The molecule has 2 aromatic heterocycles. The van der Waals surface area contributed by atoms with Gasteiger partial charge in [-0.05, 0) is 36.8 Å². The molecule has 0 fully saturated rings. The van der Waals surface area contributed by atoms with Crippen LogP contribution < -0.4 is 5.73 Å². The zero-order valence-electron chi connectivity index (χ0n) is 14.5. The molecule has 1 atom stereocenters. The lowest BCUT2D eigenvalue weighted by Crippen LogP contribution is -2.36. The van der Waals surface area contributed by atoms with Gasteiger partial charge in [0.1, 0.15) is 0 Å². The highest BCUT2D eigenvalue weighted by atomic mass is 32.1. The number of carbonyl (C=O) groups excluding carboxylic acids is 2. The number of primary amides is 1. The Morgan fingerprint density at radius 1 is 1.36 bits per heavy atom. The highest BCUT2D eigenvalue weighted by Gasteiger charge is 2.30. The molecule has 0 radical (unpaired) electrons. The van der Waals surface area contributed by atoms with E-state index in [1.54, 1.807) is 16.0 Å². The van der Waals surface area contributed by atoms with Crippen LogP contribution >= 0.6 is 11.3 Å². The molecule has 4 rings (SSSR count). The van der Waals surface area contributed by atoms with Crippen molar-refractivity contribution < 1.29 is 9.59 Å². The van der Waals surface area contributed by atoms with Crippen molar-refractivity contribution in [3.63, 3.8) is 0 Å². The van der Waals surface area contributed by atoms with Crippen LogP contribution in [0.1, 0.15) is 55.2 Å². The average molecular weight is 358 g/mol. The van der Waals surface area contributed by atoms with E-state index in [-0.39, 0.29) is 11.6 Å². The molecule has 7 heteroatoms. The third-order valence-corrected chi connectivity index (χ3v) is 6.53. The molecule has 132 valence electrons. The molecule has 2 N–H and O–H groups in total. The van der Waals surface area contributed by atoms with E-state index < -0.39 is 5.91 Å². The minimum Gasteiger partial charge on any atom is -0.364 e. The quantitative estimate of drug-likeness (QED) is 0.890. The van der Waals surface area contributed by atoms with E-state index in [4.69, 9.17) is 5.73 Å². The standard InChI is InChI=1S/C18H22N4O2S/c1-10-3-4-14-11(7-10)8-15(25-14)18(24)22-6-5-13-12(9-22)16(17(19)23)20-21(13)2/h8,10H,3-7,9H2,1-2H3,(H2,19,23). The van der Waals surface area contributed by atoms with Crippen LogP contribution in [0.15, 0.2) is 6.07 Å². The molecular weight excluding hydrogens is 336 g/mol. The molecule has 1 aliphatic carbocycles. The van der Waals surface area contributed by atoms with Crippen LogP contribution in [0, 0.1) is 5.92 Å². The van der Waals surface area contributed by atoms with Crippen molar-refractivity contribution in [1.29, 1.82) is 0 Å². The predicted molar refractivity (Wildman–Crippen MR) is 95.7 cm³/mol. The Morgan fingerprint density at radius 3 is 2.92 bits per heavy atom. The van der Waals surface area contributed by atoms with Crippen molar-refractivity contribution in [2.45, 2.75) is 39.2 Å². The second kappa shape index (κ2) is 5.98. The summed E-state index contributed by atoms with van der Waals surface area (Å²) >= 11 is 1.63. The van der Waals surface area contributed by atoms with E-state index in [0.29, 0.717) is 25.4 Å². The normalized spacial score (nSPS) is 19.4. The monoisotopic (exact) mass is 358 g/mol. The molecule has 2 aromatic rings. The Labute approximate surface area is 150 Å². The Balaban J connectivity index is 1.60. The summed E-state index contributed by atoms with van der Waals surface area (Å²) in [5.41, 5.74) is 8.86. The predicted octanol–water partition coefficient (Wildman–Crippen LogP) is 1.90. The molecule has 3 heterocycles. The number of hydrogen-bond acceptors (Lipinski definition) is 4. The van der Waals surface area contributed by atoms with Crippen molar-refractivity contribution in [2.24, 2.45) is 18.7 Å². The van der Waals surface area contributed by atoms with E-state index in [9.17, 15) is 9.59 Å². The average Bonchev–Trinajstić information content (AvgIpc) is 3.15. The van der Waals surface area contributed by atoms with Gasteiger partial charge in [0.25, 0.3) is 11.8 Å². The van der Waals surface area contributed by atoms with E-state index in [2.05, 4.69) is 18.1 Å². The van der Waals surface area contributed by atoms with Crippen LogP contribution in [0.3, 0.4) is 0 Å². The Hall–Kier alpha value is -2.15. The number of thiophene rings is 1. The fraction of sp³-hybridized carbons (Fsp3) is 0.500. The summed E-state index contributed by atoms with van der Waals surface area (Å²) in [6.45, 7) is 3.31. The minimum atomic E-state index is -0.535. The summed E-state index contributed by atoms with van der Waals surface area (Å²) < 4.78 is 1.71. The molecular formula is C18H22N4O2S. The van der Waals surface area contributed by atoms with Crippen LogP contribution in [0.4, 0.5) is 0 Å². The summed E-state index contributed by atoms with van der Waals surface area (Å²) in [7, 11) is 1.82. The van der Waals surface area contributed by atoms with Gasteiger partial charge in [-0.1, -0.05) is 6.92 Å². The van der Waals surface area contributed by atoms with Crippen LogP contribution in [-0.4, -0.2) is 33.0 Å². The molecule has 0 spiro atoms. The fourth-order valence-electron chi connectivity index (χ4n) is 3.93. The third-order valence-electron chi connectivity index (χ3n) is 5.30. The topological polar surface area (TPSA) is 81.2 Å². The number of nitrogens with two attached hydrogens (primary N) is 1. The fourth-order valence-corrected chi connectivity index (χ4v) is 5.11. The third kappa shape index (κ3) is 2.76. The molecule has 2 aliphatic rings. The van der Waals surface area contributed by atoms with E-state index in [1.165, 1.54) is 16.9 Å². The first-order chi connectivity index (χ1) is 11.9. The first-order valence-electron chi connectivity index (χ1n) is 8.69. The Kier molecular flexibility index (Phi) is 3.91. The van der Waals surface area contributed by atoms with Crippen LogP contribution in [0.5, 0.6) is 0 Å². The molecule has 0 aromatic carbocycles. The lowest BCUT2D eigenvalue weighted by Gasteiger charge is -2.27. The van der Waals surface area contributed by atoms with Gasteiger partial charge in [-0.15, -0.1) is 11.3 Å². The van der Waals surface area contributed by atoms with Gasteiger partial charge < -0.3 is 10.6 Å². The number of rotatable bonds is 2.